The van der Waals surface area contributed by atoms with Crippen LogP contribution in [0.3, 0.4) is 0 Å². The van der Waals surface area contributed by atoms with Crippen LogP contribution in [0.4, 0.5) is 0 Å². The molecule has 0 amide bonds. The first-order valence-electron chi connectivity index (χ1n) is 7.16. The Labute approximate surface area is 124 Å². The molecule has 1 atom stereocenters. The lowest BCUT2D eigenvalue weighted by Gasteiger charge is -2.07. The Bertz CT molecular complexity index is 539. The minimum absolute atomic E-state index is 0.485. The third-order valence-corrected chi connectivity index (χ3v) is 3.01. The van der Waals surface area contributed by atoms with Gasteiger partial charge >= 0.3 is 0 Å². The molecule has 0 saturated heterocycles. The number of hydrogen-bond acceptors (Lipinski definition) is 5. The van der Waals surface area contributed by atoms with Crippen molar-refractivity contribution < 1.29 is 14.6 Å². The highest BCUT2D eigenvalue weighted by molar-refractivity contribution is 5.31. The van der Waals surface area contributed by atoms with Gasteiger partial charge in [-0.2, -0.15) is 0 Å². The van der Waals surface area contributed by atoms with Crippen LogP contribution in [0.2, 0.25) is 0 Å². The zero-order valence-electron chi connectivity index (χ0n) is 12.4. The molecular formula is C15H21N3O3. The molecule has 1 aromatic heterocycles. The van der Waals surface area contributed by atoms with E-state index >= 15 is 0 Å². The molecule has 0 bridgehead atoms. The fourth-order valence-electron chi connectivity index (χ4n) is 1.84. The van der Waals surface area contributed by atoms with Gasteiger partial charge in [0.15, 0.2) is 0 Å². The van der Waals surface area contributed by atoms with Crippen LogP contribution in [-0.2, 0) is 6.54 Å². The quantitative estimate of drug-likeness (QED) is 0.807. The highest BCUT2D eigenvalue weighted by Gasteiger charge is 2.09. The van der Waals surface area contributed by atoms with E-state index in [1.807, 2.05) is 38.1 Å². The summed E-state index contributed by atoms with van der Waals surface area (Å²) in [6, 6.07) is 7.51. The smallest absolute Gasteiger partial charge is 0.119 e. The van der Waals surface area contributed by atoms with Crippen LogP contribution < -0.4 is 9.47 Å². The molecule has 1 unspecified atom stereocenters. The number of benzene rings is 1. The van der Waals surface area contributed by atoms with E-state index < -0.39 is 6.10 Å². The Morgan fingerprint density at radius 2 is 1.81 bits per heavy atom. The second kappa shape index (κ2) is 7.64. The summed E-state index contributed by atoms with van der Waals surface area (Å²) in [5.74, 6) is 1.62. The Morgan fingerprint density at radius 1 is 1.14 bits per heavy atom. The summed E-state index contributed by atoms with van der Waals surface area (Å²) in [5, 5.41) is 17.6. The molecule has 6 heteroatoms. The van der Waals surface area contributed by atoms with Crippen molar-refractivity contribution in [2.45, 2.75) is 32.9 Å². The van der Waals surface area contributed by atoms with E-state index in [4.69, 9.17) is 9.47 Å². The van der Waals surface area contributed by atoms with Gasteiger partial charge in [-0.15, -0.1) is 5.10 Å². The van der Waals surface area contributed by atoms with Gasteiger partial charge in [-0.1, -0.05) is 12.1 Å². The molecule has 0 fully saturated rings. The zero-order valence-corrected chi connectivity index (χ0v) is 12.4. The first kappa shape index (κ1) is 15.3. The van der Waals surface area contributed by atoms with Gasteiger partial charge in [-0.05, 0) is 37.6 Å². The zero-order chi connectivity index (χ0) is 15.1. The number of aromatic nitrogens is 3. The Kier molecular flexibility index (Phi) is 5.57. The Morgan fingerprint density at radius 3 is 2.43 bits per heavy atom. The normalized spacial score (nSPS) is 12.1. The molecule has 0 radical (unpaired) electrons. The molecule has 114 valence electrons. The third-order valence-electron chi connectivity index (χ3n) is 3.01. The van der Waals surface area contributed by atoms with Gasteiger partial charge in [-0.25, -0.2) is 4.68 Å². The highest BCUT2D eigenvalue weighted by Crippen LogP contribution is 2.17. The van der Waals surface area contributed by atoms with Crippen LogP contribution in [-0.4, -0.2) is 33.3 Å². The molecule has 0 saturated carbocycles. The summed E-state index contributed by atoms with van der Waals surface area (Å²) in [7, 11) is 0. The van der Waals surface area contributed by atoms with E-state index in [-0.39, 0.29) is 0 Å². The fourth-order valence-corrected chi connectivity index (χ4v) is 1.84. The van der Waals surface area contributed by atoms with Crippen LogP contribution in [0, 0.1) is 0 Å². The summed E-state index contributed by atoms with van der Waals surface area (Å²) in [6.07, 6.45) is 1.82. The number of aliphatic hydroxyl groups excluding tert-OH is 1. The molecule has 0 spiro atoms. The van der Waals surface area contributed by atoms with Gasteiger partial charge in [0.1, 0.15) is 23.8 Å². The Balaban J connectivity index is 1.79. The summed E-state index contributed by atoms with van der Waals surface area (Å²) in [5.41, 5.74) is 0.596. The van der Waals surface area contributed by atoms with Crippen molar-refractivity contribution >= 4 is 0 Å². The minimum atomic E-state index is -0.550. The van der Waals surface area contributed by atoms with E-state index in [9.17, 15) is 5.11 Å². The molecule has 6 nitrogen and oxygen atoms in total. The van der Waals surface area contributed by atoms with Crippen LogP contribution in [0.15, 0.2) is 30.5 Å². The van der Waals surface area contributed by atoms with Gasteiger partial charge in [0.05, 0.1) is 25.5 Å². The molecule has 21 heavy (non-hydrogen) atoms. The van der Waals surface area contributed by atoms with E-state index in [0.717, 1.165) is 11.5 Å². The molecule has 2 rings (SSSR count). The summed E-state index contributed by atoms with van der Waals surface area (Å²) < 4.78 is 12.7. The maximum absolute atomic E-state index is 9.66. The molecule has 0 aliphatic heterocycles. The van der Waals surface area contributed by atoms with Crippen molar-refractivity contribution in [3.8, 4) is 11.5 Å². The first-order valence-corrected chi connectivity index (χ1v) is 7.16. The summed E-state index contributed by atoms with van der Waals surface area (Å²) in [4.78, 5) is 0. The van der Waals surface area contributed by atoms with Crippen molar-refractivity contribution in [1.29, 1.82) is 0 Å². The molecule has 2 aromatic rings. The lowest BCUT2D eigenvalue weighted by atomic mass is 10.2. The second-order valence-corrected chi connectivity index (χ2v) is 4.58. The van der Waals surface area contributed by atoms with E-state index in [2.05, 4.69) is 10.3 Å². The van der Waals surface area contributed by atoms with Crippen molar-refractivity contribution in [1.82, 2.24) is 15.0 Å². The highest BCUT2D eigenvalue weighted by atomic mass is 16.5. The van der Waals surface area contributed by atoms with Crippen molar-refractivity contribution in [2.75, 3.05) is 13.2 Å². The van der Waals surface area contributed by atoms with Gasteiger partial charge in [0.2, 0.25) is 0 Å². The van der Waals surface area contributed by atoms with Gasteiger partial charge in [-0.3, -0.25) is 0 Å². The van der Waals surface area contributed by atoms with Gasteiger partial charge in [0.25, 0.3) is 0 Å². The number of hydrogen-bond donors (Lipinski definition) is 1. The van der Waals surface area contributed by atoms with Crippen molar-refractivity contribution in [2.24, 2.45) is 0 Å². The Hall–Kier alpha value is -2.08. The monoisotopic (exact) mass is 291 g/mol. The SMILES string of the molecule is CCOc1ccc(OCCn2cc(C(O)CC)nn2)cc1. The van der Waals surface area contributed by atoms with Crippen LogP contribution >= 0.6 is 0 Å². The number of nitrogens with zero attached hydrogens (tertiary/aromatic N) is 3. The van der Waals surface area contributed by atoms with Crippen molar-refractivity contribution in [3.63, 3.8) is 0 Å². The second-order valence-electron chi connectivity index (χ2n) is 4.58. The molecule has 1 N–H and O–H groups in total. The average molecular weight is 291 g/mol. The van der Waals surface area contributed by atoms with Crippen LogP contribution in [0.1, 0.15) is 32.1 Å². The first-order chi connectivity index (χ1) is 10.2. The maximum atomic E-state index is 9.66. The molecule has 0 aliphatic rings. The van der Waals surface area contributed by atoms with Gasteiger partial charge < -0.3 is 14.6 Å². The molecule has 1 heterocycles. The fraction of sp³-hybridized carbons (Fsp3) is 0.467. The predicted octanol–water partition coefficient (Wildman–Crippen LogP) is 2.20. The van der Waals surface area contributed by atoms with Crippen LogP contribution in [0.5, 0.6) is 11.5 Å². The number of rotatable bonds is 8. The lowest BCUT2D eigenvalue weighted by molar-refractivity contribution is 0.168. The molecular weight excluding hydrogens is 270 g/mol. The van der Waals surface area contributed by atoms with Crippen molar-refractivity contribution in [3.05, 3.63) is 36.2 Å². The number of aliphatic hydroxyl groups is 1. The molecule has 0 aliphatic carbocycles. The standard InChI is InChI=1S/C15H21N3O3/c1-3-15(19)14-11-18(17-16-14)9-10-21-13-7-5-12(6-8-13)20-4-2/h5-8,11,15,19H,3-4,9-10H2,1-2H3. The van der Waals surface area contributed by atoms with Gasteiger partial charge in [0, 0.05) is 0 Å². The van der Waals surface area contributed by atoms with Crippen LogP contribution in [0.25, 0.3) is 0 Å². The maximum Gasteiger partial charge on any atom is 0.119 e. The molecule has 1 aromatic carbocycles. The van der Waals surface area contributed by atoms with E-state index in [1.54, 1.807) is 10.9 Å². The average Bonchev–Trinajstić information content (AvgIpc) is 2.97. The van der Waals surface area contributed by atoms with E-state index in [1.165, 1.54) is 0 Å². The summed E-state index contributed by atoms with van der Waals surface area (Å²) >= 11 is 0. The number of ether oxygens (including phenoxy) is 2. The van der Waals surface area contributed by atoms with E-state index in [0.29, 0.717) is 31.9 Å². The third kappa shape index (κ3) is 4.46. The summed E-state index contributed by atoms with van der Waals surface area (Å²) in [6.45, 7) is 5.57. The minimum Gasteiger partial charge on any atom is -0.494 e. The topological polar surface area (TPSA) is 69.4 Å². The predicted molar refractivity (Wildman–Crippen MR) is 78.4 cm³/mol. The lowest BCUT2D eigenvalue weighted by Crippen LogP contribution is -2.08. The largest absolute Gasteiger partial charge is 0.494 e.